The van der Waals surface area contributed by atoms with Crippen molar-refractivity contribution in [3.05, 3.63) is 58.6 Å². The number of hydrogen-bond acceptors (Lipinski definition) is 5. The van der Waals surface area contributed by atoms with E-state index in [0.717, 1.165) is 5.56 Å². The molecular weight excluding hydrogens is 322 g/mol. The number of rotatable bonds is 3. The van der Waals surface area contributed by atoms with E-state index in [-0.39, 0.29) is 24.8 Å². The highest BCUT2D eigenvalue weighted by atomic mass is 16.7. The number of benzene rings is 2. The van der Waals surface area contributed by atoms with Crippen molar-refractivity contribution in [2.45, 2.75) is 13.5 Å². The molecule has 0 fully saturated rings. The number of ether oxygens (including phenoxy) is 2. The number of amides is 1. The summed E-state index contributed by atoms with van der Waals surface area (Å²) in [5, 5.41) is 3.24. The Morgan fingerprint density at radius 1 is 1.24 bits per heavy atom. The summed E-state index contributed by atoms with van der Waals surface area (Å²) in [7, 11) is 0. The predicted octanol–water partition coefficient (Wildman–Crippen LogP) is 2.07. The van der Waals surface area contributed by atoms with Crippen LogP contribution in [0.1, 0.15) is 5.56 Å². The van der Waals surface area contributed by atoms with Crippen LogP contribution in [-0.2, 0) is 11.3 Å². The number of para-hydroxylation sites is 1. The van der Waals surface area contributed by atoms with Crippen molar-refractivity contribution in [3.8, 4) is 11.5 Å². The maximum atomic E-state index is 12.5. The average Bonchev–Trinajstić information content (AvgIpc) is 3.06. The lowest BCUT2D eigenvalue weighted by atomic mass is 10.1. The minimum absolute atomic E-state index is 0.121. The lowest BCUT2D eigenvalue weighted by Gasteiger charge is -2.09. The van der Waals surface area contributed by atoms with Gasteiger partial charge in [-0.2, -0.15) is 0 Å². The van der Waals surface area contributed by atoms with Gasteiger partial charge in [0.1, 0.15) is 6.54 Å². The summed E-state index contributed by atoms with van der Waals surface area (Å²) in [5.74, 6) is 0.899. The maximum Gasteiger partial charge on any atom is 0.261 e. The maximum absolute atomic E-state index is 12.5. The van der Waals surface area contributed by atoms with Gasteiger partial charge < -0.3 is 14.8 Å². The fourth-order valence-corrected chi connectivity index (χ4v) is 2.78. The molecule has 0 radical (unpaired) electrons. The Labute approximate surface area is 142 Å². The molecule has 0 spiro atoms. The van der Waals surface area contributed by atoms with Gasteiger partial charge in [0, 0.05) is 11.8 Å². The Kier molecular flexibility index (Phi) is 3.61. The van der Waals surface area contributed by atoms with E-state index >= 15 is 0 Å². The summed E-state index contributed by atoms with van der Waals surface area (Å²) in [6, 6.07) is 10.5. The summed E-state index contributed by atoms with van der Waals surface area (Å²) in [6.45, 7) is 1.94. The van der Waals surface area contributed by atoms with Crippen LogP contribution < -0.4 is 20.3 Å². The van der Waals surface area contributed by atoms with E-state index in [1.807, 2.05) is 13.0 Å². The number of aromatic nitrogens is 2. The smallest absolute Gasteiger partial charge is 0.261 e. The van der Waals surface area contributed by atoms with Crippen LogP contribution in [0.2, 0.25) is 0 Å². The summed E-state index contributed by atoms with van der Waals surface area (Å²) >= 11 is 0. The molecule has 1 aromatic heterocycles. The van der Waals surface area contributed by atoms with E-state index in [1.54, 1.807) is 30.3 Å². The molecule has 0 atom stereocenters. The number of nitrogens with one attached hydrogen (secondary N) is 1. The molecule has 2 aromatic carbocycles. The monoisotopic (exact) mass is 337 g/mol. The van der Waals surface area contributed by atoms with E-state index in [4.69, 9.17) is 9.47 Å². The standard InChI is InChI=1S/C18H15N3O4/c1-11-3-2-4-13-17(11)19-9-21(18(13)23)8-16(22)20-12-5-6-14-15(7-12)25-10-24-14/h2-7,9H,8,10H2,1H3,(H,20,22). The van der Waals surface area contributed by atoms with Gasteiger partial charge in [-0.15, -0.1) is 0 Å². The predicted molar refractivity (Wildman–Crippen MR) is 91.9 cm³/mol. The first kappa shape index (κ1) is 15.2. The molecule has 4 rings (SSSR count). The summed E-state index contributed by atoms with van der Waals surface area (Å²) < 4.78 is 11.8. The molecule has 0 saturated carbocycles. The number of carbonyl (C=O) groups is 1. The summed E-state index contributed by atoms with van der Waals surface area (Å²) in [4.78, 5) is 29.1. The molecule has 2 heterocycles. The molecule has 126 valence electrons. The minimum Gasteiger partial charge on any atom is -0.454 e. The zero-order chi connectivity index (χ0) is 17.4. The highest BCUT2D eigenvalue weighted by Gasteiger charge is 2.15. The van der Waals surface area contributed by atoms with Gasteiger partial charge in [0.25, 0.3) is 5.56 Å². The fraction of sp³-hybridized carbons (Fsp3) is 0.167. The quantitative estimate of drug-likeness (QED) is 0.791. The average molecular weight is 337 g/mol. The fourth-order valence-electron chi connectivity index (χ4n) is 2.78. The van der Waals surface area contributed by atoms with Crippen LogP contribution in [0.4, 0.5) is 5.69 Å². The lowest BCUT2D eigenvalue weighted by Crippen LogP contribution is -2.28. The van der Waals surface area contributed by atoms with Crippen LogP contribution in [0.3, 0.4) is 0 Å². The van der Waals surface area contributed by atoms with Crippen molar-refractivity contribution in [1.82, 2.24) is 9.55 Å². The molecule has 7 heteroatoms. The molecule has 3 aromatic rings. The molecule has 0 saturated heterocycles. The van der Waals surface area contributed by atoms with Gasteiger partial charge in [-0.1, -0.05) is 12.1 Å². The Balaban J connectivity index is 1.56. The van der Waals surface area contributed by atoms with Crippen LogP contribution in [0.5, 0.6) is 11.5 Å². The molecule has 0 unspecified atom stereocenters. The Bertz CT molecular complexity index is 1040. The Hall–Kier alpha value is -3.35. The normalized spacial score (nSPS) is 12.4. The van der Waals surface area contributed by atoms with Gasteiger partial charge in [0.2, 0.25) is 12.7 Å². The largest absolute Gasteiger partial charge is 0.454 e. The number of carbonyl (C=O) groups excluding carboxylic acids is 1. The van der Waals surface area contributed by atoms with E-state index in [0.29, 0.717) is 28.1 Å². The summed E-state index contributed by atoms with van der Waals surface area (Å²) in [5.41, 5.74) is 1.91. The number of nitrogens with zero attached hydrogens (tertiary/aromatic N) is 2. The topological polar surface area (TPSA) is 82.5 Å². The van der Waals surface area contributed by atoms with E-state index in [2.05, 4.69) is 10.3 Å². The second-order valence-electron chi connectivity index (χ2n) is 5.76. The molecule has 1 amide bonds. The third-order valence-electron chi connectivity index (χ3n) is 4.03. The van der Waals surface area contributed by atoms with Gasteiger partial charge in [-0.3, -0.25) is 14.2 Å². The van der Waals surface area contributed by atoms with Crippen molar-refractivity contribution in [3.63, 3.8) is 0 Å². The van der Waals surface area contributed by atoms with E-state index in [9.17, 15) is 9.59 Å². The van der Waals surface area contributed by atoms with Gasteiger partial charge in [0.05, 0.1) is 17.2 Å². The number of fused-ring (bicyclic) bond motifs is 2. The molecule has 1 aliphatic rings. The van der Waals surface area contributed by atoms with E-state index < -0.39 is 0 Å². The van der Waals surface area contributed by atoms with Gasteiger partial charge in [-0.05, 0) is 30.7 Å². The summed E-state index contributed by atoms with van der Waals surface area (Å²) in [6.07, 6.45) is 1.40. The third-order valence-corrected chi connectivity index (χ3v) is 4.03. The van der Waals surface area contributed by atoms with Crippen LogP contribution in [-0.4, -0.2) is 22.3 Å². The second-order valence-corrected chi connectivity index (χ2v) is 5.76. The third kappa shape index (κ3) is 2.80. The molecule has 25 heavy (non-hydrogen) atoms. The van der Waals surface area contributed by atoms with Gasteiger partial charge in [-0.25, -0.2) is 4.98 Å². The zero-order valence-corrected chi connectivity index (χ0v) is 13.5. The van der Waals surface area contributed by atoms with Gasteiger partial charge in [0.15, 0.2) is 11.5 Å². The van der Waals surface area contributed by atoms with Crippen molar-refractivity contribution in [2.75, 3.05) is 12.1 Å². The first-order valence-electron chi connectivity index (χ1n) is 7.76. The number of aryl methyl sites for hydroxylation is 1. The van der Waals surface area contributed by atoms with Crippen LogP contribution >= 0.6 is 0 Å². The lowest BCUT2D eigenvalue weighted by molar-refractivity contribution is -0.116. The number of anilines is 1. The Morgan fingerprint density at radius 2 is 2.08 bits per heavy atom. The Morgan fingerprint density at radius 3 is 2.96 bits per heavy atom. The molecule has 0 aliphatic carbocycles. The highest BCUT2D eigenvalue weighted by molar-refractivity contribution is 5.91. The van der Waals surface area contributed by atoms with Crippen LogP contribution in [0.25, 0.3) is 10.9 Å². The first-order valence-corrected chi connectivity index (χ1v) is 7.76. The van der Waals surface area contributed by atoms with Crippen molar-refractivity contribution in [1.29, 1.82) is 0 Å². The van der Waals surface area contributed by atoms with Crippen molar-refractivity contribution >= 4 is 22.5 Å². The molecule has 1 N–H and O–H groups in total. The first-order chi connectivity index (χ1) is 12.1. The molecule has 0 bridgehead atoms. The van der Waals surface area contributed by atoms with Crippen LogP contribution in [0.15, 0.2) is 47.5 Å². The SMILES string of the molecule is Cc1cccc2c(=O)n(CC(=O)Nc3ccc4c(c3)OCO4)cnc12. The van der Waals surface area contributed by atoms with Crippen LogP contribution in [0, 0.1) is 6.92 Å². The molecular formula is C18H15N3O4. The molecule has 7 nitrogen and oxygen atoms in total. The molecule has 1 aliphatic heterocycles. The van der Waals surface area contributed by atoms with E-state index in [1.165, 1.54) is 10.9 Å². The van der Waals surface area contributed by atoms with Gasteiger partial charge >= 0.3 is 0 Å². The van der Waals surface area contributed by atoms with Crippen molar-refractivity contribution in [2.24, 2.45) is 0 Å². The minimum atomic E-state index is -0.324. The second kappa shape index (κ2) is 5.94. The number of hydrogen-bond donors (Lipinski definition) is 1. The van der Waals surface area contributed by atoms with Crippen molar-refractivity contribution < 1.29 is 14.3 Å². The zero-order valence-electron chi connectivity index (χ0n) is 13.5. The highest BCUT2D eigenvalue weighted by Crippen LogP contribution is 2.34.